The van der Waals surface area contributed by atoms with Crippen LogP contribution in [-0.2, 0) is 16.1 Å². The van der Waals surface area contributed by atoms with Crippen LogP contribution in [0, 0.1) is 0 Å². The Morgan fingerprint density at radius 2 is 1.88 bits per heavy atom. The average molecular weight is 404 g/mol. The summed E-state index contributed by atoms with van der Waals surface area (Å²) >= 11 is 17.4. The van der Waals surface area contributed by atoms with Crippen molar-refractivity contribution in [1.29, 1.82) is 0 Å². The first-order chi connectivity index (χ1) is 11.8. The van der Waals surface area contributed by atoms with Crippen molar-refractivity contribution >= 4 is 52.3 Å². The van der Waals surface area contributed by atoms with E-state index in [1.54, 1.807) is 24.3 Å². The third-order valence-electron chi connectivity index (χ3n) is 3.18. The maximum Gasteiger partial charge on any atom is 0.287 e. The number of hydrogen-bond acceptors (Lipinski definition) is 4. The van der Waals surface area contributed by atoms with Gasteiger partial charge in [0.25, 0.3) is 5.56 Å². The van der Waals surface area contributed by atoms with Crippen molar-refractivity contribution in [2.24, 2.45) is 0 Å². The van der Waals surface area contributed by atoms with Crippen molar-refractivity contribution in [3.63, 3.8) is 0 Å². The highest BCUT2D eigenvalue weighted by molar-refractivity contribution is 6.41. The van der Waals surface area contributed by atoms with E-state index < -0.39 is 17.4 Å². The zero-order valence-electron chi connectivity index (χ0n) is 13.0. The third-order valence-corrected chi connectivity index (χ3v) is 4.26. The lowest BCUT2D eigenvalue weighted by atomic mass is 10.3. The molecular weight excluding hydrogens is 391 g/mol. The predicted molar refractivity (Wildman–Crippen MR) is 96.2 cm³/mol. The number of nitrogens with one attached hydrogen (secondary N) is 1. The van der Waals surface area contributed by atoms with Gasteiger partial charge in [-0.05, 0) is 12.1 Å². The van der Waals surface area contributed by atoms with Crippen molar-refractivity contribution < 1.29 is 9.59 Å². The van der Waals surface area contributed by atoms with Crippen LogP contribution in [0.25, 0.3) is 0 Å². The van der Waals surface area contributed by atoms with Gasteiger partial charge in [-0.1, -0.05) is 46.9 Å². The lowest BCUT2D eigenvalue weighted by Crippen LogP contribution is -2.39. The van der Waals surface area contributed by atoms with Crippen LogP contribution in [0.1, 0.15) is 0 Å². The Hall–Kier alpha value is -2.09. The van der Waals surface area contributed by atoms with Gasteiger partial charge in [-0.3, -0.25) is 14.4 Å². The molecule has 132 valence electrons. The molecule has 2 aromatic rings. The summed E-state index contributed by atoms with van der Waals surface area (Å²) in [6, 6.07) is 6.73. The van der Waals surface area contributed by atoms with Gasteiger partial charge >= 0.3 is 0 Å². The number of hydrogen-bond donors (Lipinski definition) is 1. The lowest BCUT2D eigenvalue weighted by Gasteiger charge is -2.17. The molecule has 10 heteroatoms. The maximum atomic E-state index is 12.2. The van der Waals surface area contributed by atoms with Crippen molar-refractivity contribution in [3.8, 4) is 0 Å². The summed E-state index contributed by atoms with van der Waals surface area (Å²) in [5, 5.41) is 6.51. The molecule has 0 aliphatic carbocycles. The molecule has 0 atom stereocenters. The van der Waals surface area contributed by atoms with Gasteiger partial charge in [-0.25, -0.2) is 4.68 Å². The smallest absolute Gasteiger partial charge is 0.287 e. The second-order valence-corrected chi connectivity index (χ2v) is 6.24. The van der Waals surface area contributed by atoms with Gasteiger partial charge in [0.05, 0.1) is 28.5 Å². The average Bonchev–Trinajstić information content (AvgIpc) is 2.57. The van der Waals surface area contributed by atoms with E-state index in [1.165, 1.54) is 13.2 Å². The van der Waals surface area contributed by atoms with Crippen molar-refractivity contribution in [2.75, 3.05) is 18.9 Å². The topological polar surface area (TPSA) is 84.3 Å². The van der Waals surface area contributed by atoms with E-state index in [0.717, 1.165) is 9.58 Å². The highest BCUT2D eigenvalue weighted by Crippen LogP contribution is 2.20. The number of amides is 2. The Morgan fingerprint density at radius 3 is 2.56 bits per heavy atom. The van der Waals surface area contributed by atoms with Crippen LogP contribution < -0.4 is 10.9 Å². The van der Waals surface area contributed by atoms with Crippen LogP contribution in [0.15, 0.2) is 35.3 Å². The Morgan fingerprint density at radius 1 is 1.20 bits per heavy atom. The normalized spacial score (nSPS) is 10.4. The molecule has 1 heterocycles. The zero-order valence-corrected chi connectivity index (χ0v) is 15.3. The summed E-state index contributed by atoms with van der Waals surface area (Å²) in [6.45, 7) is -0.592. The summed E-state index contributed by atoms with van der Waals surface area (Å²) < 4.78 is 0.874. The first-order valence-corrected chi connectivity index (χ1v) is 8.12. The minimum absolute atomic E-state index is 0.00263. The van der Waals surface area contributed by atoms with E-state index in [9.17, 15) is 14.4 Å². The van der Waals surface area contributed by atoms with Gasteiger partial charge in [-0.15, -0.1) is 0 Å². The second kappa shape index (κ2) is 8.33. The largest absolute Gasteiger partial charge is 0.335 e. The van der Waals surface area contributed by atoms with Crippen molar-refractivity contribution in [1.82, 2.24) is 14.7 Å². The van der Waals surface area contributed by atoms with Crippen LogP contribution >= 0.6 is 34.8 Å². The highest BCUT2D eigenvalue weighted by Gasteiger charge is 2.17. The number of nitrogens with zero attached hydrogens (tertiary/aromatic N) is 3. The first-order valence-electron chi connectivity index (χ1n) is 6.99. The lowest BCUT2D eigenvalue weighted by molar-refractivity contribution is -0.134. The molecule has 1 aromatic carbocycles. The SMILES string of the molecule is CN(CC(=O)Nc1ccccc1Cl)C(=O)Cn1ncc(Cl)c(Cl)c1=O. The van der Waals surface area contributed by atoms with Crippen LogP contribution in [0.2, 0.25) is 15.1 Å². The summed E-state index contributed by atoms with van der Waals surface area (Å²) in [5.41, 5.74) is -0.242. The molecule has 0 radical (unpaired) electrons. The number of carbonyl (C=O) groups excluding carboxylic acids is 2. The van der Waals surface area contributed by atoms with E-state index in [-0.39, 0.29) is 23.1 Å². The quantitative estimate of drug-likeness (QED) is 0.830. The molecule has 0 aliphatic rings. The van der Waals surface area contributed by atoms with Gasteiger partial charge in [0, 0.05) is 7.05 Å². The molecule has 7 nitrogen and oxygen atoms in total. The molecular formula is C15H13Cl3N4O3. The Balaban J connectivity index is 1.99. The first kappa shape index (κ1) is 19.2. The number of para-hydroxylation sites is 1. The van der Waals surface area contributed by atoms with Crippen molar-refractivity contribution in [3.05, 3.63) is 55.9 Å². The minimum Gasteiger partial charge on any atom is -0.335 e. The van der Waals surface area contributed by atoms with Gasteiger partial charge < -0.3 is 10.2 Å². The van der Waals surface area contributed by atoms with Crippen LogP contribution in [0.4, 0.5) is 5.69 Å². The van der Waals surface area contributed by atoms with Crippen molar-refractivity contribution in [2.45, 2.75) is 6.54 Å². The predicted octanol–water partition coefficient (Wildman–Crippen LogP) is 2.30. The number of likely N-dealkylation sites (N-methyl/N-ethyl adjacent to an activating group) is 1. The molecule has 0 saturated carbocycles. The molecule has 25 heavy (non-hydrogen) atoms. The highest BCUT2D eigenvalue weighted by atomic mass is 35.5. The summed E-state index contributed by atoms with van der Waals surface area (Å²) in [5.74, 6) is -0.930. The zero-order chi connectivity index (χ0) is 18.6. The molecule has 0 bridgehead atoms. The Bertz CT molecular complexity index is 869. The number of benzene rings is 1. The third kappa shape index (κ3) is 4.94. The molecule has 2 amide bonds. The number of aromatic nitrogens is 2. The van der Waals surface area contributed by atoms with E-state index in [1.807, 2.05) is 0 Å². The van der Waals surface area contributed by atoms with E-state index in [4.69, 9.17) is 34.8 Å². The van der Waals surface area contributed by atoms with Gasteiger partial charge in [-0.2, -0.15) is 5.10 Å². The maximum absolute atomic E-state index is 12.2. The van der Waals surface area contributed by atoms with E-state index >= 15 is 0 Å². The van der Waals surface area contributed by atoms with E-state index in [0.29, 0.717) is 10.7 Å². The molecule has 1 aromatic heterocycles. The molecule has 0 unspecified atom stereocenters. The monoisotopic (exact) mass is 402 g/mol. The Kier molecular flexibility index (Phi) is 6.41. The number of carbonyl (C=O) groups is 2. The molecule has 0 saturated heterocycles. The minimum atomic E-state index is -0.684. The fourth-order valence-electron chi connectivity index (χ4n) is 1.86. The Labute approximate surface area is 158 Å². The summed E-state index contributed by atoms with van der Waals surface area (Å²) in [6.07, 6.45) is 1.17. The molecule has 0 spiro atoms. The molecule has 1 N–H and O–H groups in total. The number of anilines is 1. The summed E-state index contributed by atoms with van der Waals surface area (Å²) in [4.78, 5) is 37.2. The van der Waals surface area contributed by atoms with Gasteiger partial charge in [0.2, 0.25) is 11.8 Å². The fourth-order valence-corrected chi connectivity index (χ4v) is 2.32. The van der Waals surface area contributed by atoms with Crippen LogP contribution in [-0.4, -0.2) is 40.1 Å². The van der Waals surface area contributed by atoms with Gasteiger partial charge in [0.1, 0.15) is 11.6 Å². The number of halogens is 3. The van der Waals surface area contributed by atoms with Crippen LogP contribution in [0.3, 0.4) is 0 Å². The molecule has 0 aliphatic heterocycles. The molecule has 0 fully saturated rings. The second-order valence-electron chi connectivity index (χ2n) is 5.05. The standard InChI is InChI=1S/C15H13Cl3N4O3/c1-21(7-12(23)20-11-5-3-2-4-9(11)16)13(24)8-22-15(25)14(18)10(17)6-19-22/h2-6H,7-8H2,1H3,(H,20,23). The van der Waals surface area contributed by atoms with E-state index in [2.05, 4.69) is 10.4 Å². The summed E-state index contributed by atoms with van der Waals surface area (Å²) in [7, 11) is 1.43. The van der Waals surface area contributed by atoms with Gasteiger partial charge in [0.15, 0.2) is 0 Å². The molecule has 2 rings (SSSR count). The van der Waals surface area contributed by atoms with Crippen LogP contribution in [0.5, 0.6) is 0 Å². The fraction of sp³-hybridized carbons (Fsp3) is 0.200. The number of rotatable bonds is 5.